The van der Waals surface area contributed by atoms with E-state index in [9.17, 15) is 4.79 Å². The van der Waals surface area contributed by atoms with Crippen molar-refractivity contribution in [2.24, 2.45) is 0 Å². The normalized spacial score (nSPS) is 9.76. The molecule has 0 aromatic heterocycles. The average molecular weight is 255 g/mol. The summed E-state index contributed by atoms with van der Waals surface area (Å²) in [6.07, 6.45) is 0. The van der Waals surface area contributed by atoms with Gasteiger partial charge in [0.2, 0.25) is 5.91 Å². The second-order valence-electron chi connectivity index (χ2n) is 3.40. The first kappa shape index (κ1) is 13.5. The lowest BCUT2D eigenvalue weighted by atomic mass is 10.3. The third-order valence-corrected chi connectivity index (χ3v) is 2.11. The number of methoxy groups -OCH3 is 1. The monoisotopic (exact) mass is 254 g/mol. The predicted octanol–water partition coefficient (Wildman–Crippen LogP) is 1.98. The molecule has 1 aromatic rings. The summed E-state index contributed by atoms with van der Waals surface area (Å²) < 4.78 is 5.02. The van der Waals surface area contributed by atoms with Crippen molar-refractivity contribution in [3.8, 4) is 5.75 Å². The molecule has 0 heterocycles. The molecule has 0 radical (unpaired) electrons. The Morgan fingerprint density at radius 2 is 2.00 bits per heavy atom. The summed E-state index contributed by atoms with van der Waals surface area (Å²) in [5.41, 5.74) is 0.724. The molecule has 17 heavy (non-hydrogen) atoms. The highest BCUT2D eigenvalue weighted by atomic mass is 35.5. The molecule has 0 bridgehead atoms. The van der Waals surface area contributed by atoms with Crippen LogP contribution in [0.3, 0.4) is 0 Å². The highest BCUT2D eigenvalue weighted by Gasteiger charge is 2.01. The van der Waals surface area contributed by atoms with Crippen molar-refractivity contribution in [3.63, 3.8) is 0 Å². The quantitative estimate of drug-likeness (QED) is 0.816. The molecule has 0 aliphatic heterocycles. The highest BCUT2D eigenvalue weighted by molar-refractivity contribution is 6.29. The van der Waals surface area contributed by atoms with Crippen LogP contribution in [0.1, 0.15) is 0 Å². The van der Waals surface area contributed by atoms with Crippen LogP contribution in [-0.4, -0.2) is 26.1 Å². The van der Waals surface area contributed by atoms with E-state index in [4.69, 9.17) is 16.3 Å². The van der Waals surface area contributed by atoms with Crippen LogP contribution in [0, 0.1) is 0 Å². The van der Waals surface area contributed by atoms with Gasteiger partial charge >= 0.3 is 0 Å². The predicted molar refractivity (Wildman–Crippen MR) is 69.5 cm³/mol. The number of carbonyl (C=O) groups excluding carboxylic acids is 1. The maximum atomic E-state index is 11.5. The van der Waals surface area contributed by atoms with Gasteiger partial charge in [0.1, 0.15) is 5.75 Å². The molecular formula is C12H15ClN2O2. The van der Waals surface area contributed by atoms with Crippen molar-refractivity contribution in [1.82, 2.24) is 5.32 Å². The third-order valence-electron chi connectivity index (χ3n) is 1.98. The minimum Gasteiger partial charge on any atom is -0.497 e. The zero-order valence-electron chi connectivity index (χ0n) is 9.63. The van der Waals surface area contributed by atoms with Gasteiger partial charge in [0.25, 0.3) is 0 Å². The molecule has 0 fully saturated rings. The van der Waals surface area contributed by atoms with E-state index in [-0.39, 0.29) is 12.5 Å². The van der Waals surface area contributed by atoms with E-state index in [1.165, 1.54) is 0 Å². The Morgan fingerprint density at radius 3 is 2.53 bits per heavy atom. The van der Waals surface area contributed by atoms with E-state index in [1.807, 2.05) is 0 Å². The number of amides is 1. The van der Waals surface area contributed by atoms with Gasteiger partial charge in [0, 0.05) is 17.3 Å². The number of hydrogen-bond donors (Lipinski definition) is 2. The highest BCUT2D eigenvalue weighted by Crippen LogP contribution is 2.14. The van der Waals surface area contributed by atoms with Crippen LogP contribution in [0.5, 0.6) is 5.75 Å². The van der Waals surface area contributed by atoms with Crippen LogP contribution in [0.25, 0.3) is 0 Å². The molecule has 0 aliphatic rings. The average Bonchev–Trinajstić information content (AvgIpc) is 2.29. The Morgan fingerprint density at radius 1 is 1.35 bits per heavy atom. The molecular weight excluding hydrogens is 240 g/mol. The molecule has 0 spiro atoms. The zero-order chi connectivity index (χ0) is 12.7. The molecule has 0 atom stereocenters. The van der Waals surface area contributed by atoms with E-state index >= 15 is 0 Å². The molecule has 5 heteroatoms. The second-order valence-corrected chi connectivity index (χ2v) is 3.93. The summed E-state index contributed by atoms with van der Waals surface area (Å²) in [6.45, 7) is 4.12. The van der Waals surface area contributed by atoms with E-state index in [0.717, 1.165) is 11.4 Å². The summed E-state index contributed by atoms with van der Waals surface area (Å²) in [5, 5.41) is 6.07. The number of anilines is 1. The number of benzene rings is 1. The number of rotatable bonds is 6. The fourth-order valence-electron chi connectivity index (χ4n) is 1.19. The van der Waals surface area contributed by atoms with Crippen LogP contribution in [0.4, 0.5) is 5.69 Å². The lowest BCUT2D eigenvalue weighted by Crippen LogP contribution is -2.28. The second kappa shape index (κ2) is 6.93. The van der Waals surface area contributed by atoms with Crippen LogP contribution < -0.4 is 15.4 Å². The van der Waals surface area contributed by atoms with Crippen LogP contribution in [0.15, 0.2) is 35.9 Å². The number of nitrogens with one attached hydrogen (secondary N) is 2. The van der Waals surface area contributed by atoms with Crippen molar-refractivity contribution in [1.29, 1.82) is 0 Å². The van der Waals surface area contributed by atoms with Crippen molar-refractivity contribution < 1.29 is 9.53 Å². The first-order valence-electron chi connectivity index (χ1n) is 5.09. The van der Waals surface area contributed by atoms with Gasteiger partial charge in [0.05, 0.1) is 13.7 Å². The Hall–Kier alpha value is -1.52. The van der Waals surface area contributed by atoms with E-state index in [1.54, 1.807) is 31.4 Å². The van der Waals surface area contributed by atoms with Gasteiger partial charge in [-0.1, -0.05) is 18.2 Å². The van der Waals surface area contributed by atoms with Gasteiger partial charge in [0.15, 0.2) is 0 Å². The number of hydrogen-bond acceptors (Lipinski definition) is 3. The molecule has 0 saturated heterocycles. The lowest BCUT2D eigenvalue weighted by molar-refractivity contribution is -0.115. The van der Waals surface area contributed by atoms with Crippen LogP contribution >= 0.6 is 11.6 Å². The maximum Gasteiger partial charge on any atom is 0.238 e. The van der Waals surface area contributed by atoms with Gasteiger partial charge in [-0.3, -0.25) is 4.79 Å². The molecule has 0 unspecified atom stereocenters. The Bertz CT molecular complexity index is 390. The third kappa shape index (κ3) is 5.38. The summed E-state index contributed by atoms with van der Waals surface area (Å²) in [6, 6.07) is 7.11. The largest absolute Gasteiger partial charge is 0.497 e. The number of carbonyl (C=O) groups is 1. The van der Waals surface area contributed by atoms with Gasteiger partial charge in [-0.05, 0) is 24.3 Å². The Labute approximate surface area is 106 Å². The molecule has 1 rings (SSSR count). The summed E-state index contributed by atoms with van der Waals surface area (Å²) in [7, 11) is 1.59. The molecule has 1 aromatic carbocycles. The lowest BCUT2D eigenvalue weighted by Gasteiger charge is -2.07. The van der Waals surface area contributed by atoms with Crippen molar-refractivity contribution in [3.05, 3.63) is 35.9 Å². The molecule has 0 saturated carbocycles. The summed E-state index contributed by atoms with van der Waals surface area (Å²) >= 11 is 5.55. The minimum absolute atomic E-state index is 0.131. The fraction of sp³-hybridized carbons (Fsp3) is 0.250. The SMILES string of the molecule is C=C(Cl)CNCC(=O)Nc1ccc(OC)cc1. The fourth-order valence-corrected chi connectivity index (χ4v) is 1.29. The number of ether oxygens (including phenoxy) is 1. The van der Waals surface area contributed by atoms with Gasteiger partial charge in [-0.2, -0.15) is 0 Å². The molecule has 1 amide bonds. The van der Waals surface area contributed by atoms with E-state index in [2.05, 4.69) is 17.2 Å². The Kier molecular flexibility index (Phi) is 5.52. The van der Waals surface area contributed by atoms with Gasteiger partial charge in [-0.15, -0.1) is 0 Å². The van der Waals surface area contributed by atoms with Crippen molar-refractivity contribution in [2.75, 3.05) is 25.5 Å². The van der Waals surface area contributed by atoms with Crippen molar-refractivity contribution in [2.45, 2.75) is 0 Å². The molecule has 2 N–H and O–H groups in total. The standard InChI is InChI=1S/C12H15ClN2O2/c1-9(13)7-14-8-12(16)15-10-3-5-11(17-2)6-4-10/h3-6,14H,1,7-8H2,2H3,(H,15,16). The van der Waals surface area contributed by atoms with E-state index in [0.29, 0.717) is 11.6 Å². The molecule has 4 nitrogen and oxygen atoms in total. The number of halogens is 1. The zero-order valence-corrected chi connectivity index (χ0v) is 10.4. The maximum absolute atomic E-state index is 11.5. The molecule has 92 valence electrons. The van der Waals surface area contributed by atoms with E-state index < -0.39 is 0 Å². The first-order chi connectivity index (χ1) is 8.11. The topological polar surface area (TPSA) is 50.4 Å². The van der Waals surface area contributed by atoms with Crippen molar-refractivity contribution >= 4 is 23.2 Å². The van der Waals surface area contributed by atoms with Gasteiger partial charge in [-0.25, -0.2) is 0 Å². The minimum atomic E-state index is -0.131. The smallest absolute Gasteiger partial charge is 0.238 e. The van der Waals surface area contributed by atoms with Crippen LogP contribution in [0.2, 0.25) is 0 Å². The van der Waals surface area contributed by atoms with Crippen LogP contribution in [-0.2, 0) is 4.79 Å². The molecule has 0 aliphatic carbocycles. The van der Waals surface area contributed by atoms with Gasteiger partial charge < -0.3 is 15.4 Å². The summed E-state index contributed by atoms with van der Waals surface area (Å²) in [5.74, 6) is 0.618. The summed E-state index contributed by atoms with van der Waals surface area (Å²) in [4.78, 5) is 11.5. The first-order valence-corrected chi connectivity index (χ1v) is 5.47. The Balaban J connectivity index is 2.37.